The lowest BCUT2D eigenvalue weighted by Gasteiger charge is -2.30. The summed E-state index contributed by atoms with van der Waals surface area (Å²) >= 11 is 1.27. The van der Waals surface area contributed by atoms with Gasteiger partial charge in [-0.05, 0) is 19.4 Å². The molecule has 2 heterocycles. The van der Waals surface area contributed by atoms with Gasteiger partial charge in [-0.25, -0.2) is 9.59 Å². The third kappa shape index (κ3) is 3.02. The normalized spacial score (nSPS) is 17.2. The summed E-state index contributed by atoms with van der Waals surface area (Å²) in [7, 11) is 2.48. The molecule has 1 aliphatic heterocycles. The number of carbonyl (C=O) groups is 3. The van der Waals surface area contributed by atoms with Crippen LogP contribution >= 0.6 is 11.3 Å². The molecule has 1 aliphatic carbocycles. The Morgan fingerprint density at radius 3 is 2.29 bits per heavy atom. The van der Waals surface area contributed by atoms with Crippen LogP contribution in [0.4, 0.5) is 0 Å². The van der Waals surface area contributed by atoms with Gasteiger partial charge in [0.25, 0.3) is 0 Å². The Labute approximate surface area is 182 Å². The minimum absolute atomic E-state index is 0.104. The lowest BCUT2D eigenvalue weighted by Crippen LogP contribution is -2.36. The monoisotopic (exact) mass is 437 g/mol. The molecule has 1 aromatic heterocycles. The van der Waals surface area contributed by atoms with E-state index in [0.29, 0.717) is 21.7 Å². The van der Waals surface area contributed by atoms with Gasteiger partial charge in [-0.15, -0.1) is 11.3 Å². The van der Waals surface area contributed by atoms with E-state index in [1.54, 1.807) is 31.4 Å². The van der Waals surface area contributed by atoms with E-state index in [1.165, 1.54) is 25.6 Å². The average Bonchev–Trinajstić information content (AvgIpc) is 3.06. The molecule has 2 aliphatic rings. The zero-order valence-corrected chi connectivity index (χ0v) is 18.1. The van der Waals surface area contributed by atoms with Crippen LogP contribution in [0.25, 0.3) is 10.4 Å². The standard InChI is InChI=1S/C23H19NO6S/c1-10-15(22(27)29-3)11(2)24-18(16(10)23(28)30-4)14-9-31-21-13-8-6-5-7-12(13)19(25)17(21)20(14)26/h5-9,18,24H,1-4H3. The van der Waals surface area contributed by atoms with Gasteiger partial charge in [0.1, 0.15) is 0 Å². The van der Waals surface area contributed by atoms with Crippen molar-refractivity contribution in [2.45, 2.75) is 19.9 Å². The summed E-state index contributed by atoms with van der Waals surface area (Å²) in [6.45, 7) is 3.28. The topological polar surface area (TPSA) is 98.8 Å². The molecule has 0 saturated carbocycles. The van der Waals surface area contributed by atoms with Gasteiger partial charge in [0.2, 0.25) is 0 Å². The highest BCUT2D eigenvalue weighted by Gasteiger charge is 2.38. The van der Waals surface area contributed by atoms with Gasteiger partial charge < -0.3 is 14.8 Å². The maximum Gasteiger partial charge on any atom is 0.339 e. The zero-order valence-electron chi connectivity index (χ0n) is 17.3. The number of methoxy groups -OCH3 is 2. The van der Waals surface area contributed by atoms with Crippen molar-refractivity contribution in [3.63, 3.8) is 0 Å². The molecule has 0 spiro atoms. The predicted molar refractivity (Wildman–Crippen MR) is 115 cm³/mol. The zero-order chi connectivity index (χ0) is 22.4. The van der Waals surface area contributed by atoms with Crippen LogP contribution in [0.5, 0.6) is 0 Å². The van der Waals surface area contributed by atoms with E-state index in [-0.39, 0.29) is 28.1 Å². The minimum Gasteiger partial charge on any atom is -0.466 e. The van der Waals surface area contributed by atoms with Crippen LogP contribution in [0.15, 0.2) is 56.9 Å². The number of esters is 2. The molecule has 31 heavy (non-hydrogen) atoms. The lowest BCUT2D eigenvalue weighted by molar-refractivity contribution is -0.136. The van der Waals surface area contributed by atoms with E-state index < -0.39 is 23.4 Å². The molecule has 158 valence electrons. The van der Waals surface area contributed by atoms with Crippen molar-refractivity contribution in [3.05, 3.63) is 79.0 Å². The highest BCUT2D eigenvalue weighted by molar-refractivity contribution is 7.14. The van der Waals surface area contributed by atoms with Crippen LogP contribution in [0.2, 0.25) is 0 Å². The molecule has 1 N–H and O–H groups in total. The summed E-state index contributed by atoms with van der Waals surface area (Å²) in [6.07, 6.45) is 0. The number of nitrogens with one attached hydrogen (secondary N) is 1. The van der Waals surface area contributed by atoms with Crippen molar-refractivity contribution in [2.75, 3.05) is 14.2 Å². The number of fused-ring (bicyclic) bond motifs is 3. The van der Waals surface area contributed by atoms with Gasteiger partial charge in [0, 0.05) is 27.8 Å². The van der Waals surface area contributed by atoms with Gasteiger partial charge >= 0.3 is 11.9 Å². The third-order valence-corrected chi connectivity index (χ3v) is 6.60. The Hall–Kier alpha value is -3.52. The van der Waals surface area contributed by atoms with Crippen molar-refractivity contribution in [1.82, 2.24) is 5.32 Å². The number of ketones is 1. The minimum atomic E-state index is -0.869. The molecule has 0 radical (unpaired) electrons. The Balaban J connectivity index is 1.91. The molecule has 0 fully saturated rings. The van der Waals surface area contributed by atoms with Gasteiger partial charge in [-0.3, -0.25) is 9.59 Å². The Bertz CT molecular complexity index is 1280. The van der Waals surface area contributed by atoms with Crippen LogP contribution in [-0.4, -0.2) is 31.9 Å². The second-order valence-corrected chi connectivity index (χ2v) is 8.08. The van der Waals surface area contributed by atoms with Crippen molar-refractivity contribution in [3.8, 4) is 10.4 Å². The summed E-state index contributed by atoms with van der Waals surface area (Å²) in [5.74, 6) is -1.61. The second-order valence-electron chi connectivity index (χ2n) is 7.20. The number of rotatable bonds is 3. The van der Waals surface area contributed by atoms with E-state index in [1.807, 2.05) is 12.1 Å². The van der Waals surface area contributed by atoms with Crippen molar-refractivity contribution in [1.29, 1.82) is 0 Å². The number of dihydropyridines is 1. The smallest absolute Gasteiger partial charge is 0.339 e. The molecule has 1 atom stereocenters. The van der Waals surface area contributed by atoms with Crippen LogP contribution in [0, 0.1) is 0 Å². The Morgan fingerprint density at radius 1 is 1.00 bits per heavy atom. The summed E-state index contributed by atoms with van der Waals surface area (Å²) in [6, 6.07) is 6.21. The van der Waals surface area contributed by atoms with E-state index in [4.69, 9.17) is 9.47 Å². The lowest BCUT2D eigenvalue weighted by atomic mass is 9.87. The first kappa shape index (κ1) is 20.7. The first-order chi connectivity index (χ1) is 14.8. The number of allylic oxidation sites excluding steroid dienone is 1. The van der Waals surface area contributed by atoms with E-state index in [9.17, 15) is 19.2 Å². The van der Waals surface area contributed by atoms with E-state index in [0.717, 1.165) is 5.56 Å². The number of carbonyl (C=O) groups excluding carboxylic acids is 3. The molecule has 0 saturated heterocycles. The molecular formula is C23H19NO6S. The average molecular weight is 437 g/mol. The summed E-state index contributed by atoms with van der Waals surface area (Å²) in [5, 5.41) is 4.73. The van der Waals surface area contributed by atoms with Gasteiger partial charge in [-0.1, -0.05) is 24.3 Å². The summed E-state index contributed by atoms with van der Waals surface area (Å²) in [5.41, 5.74) is 2.28. The van der Waals surface area contributed by atoms with Crippen LogP contribution in [0.3, 0.4) is 0 Å². The fraction of sp³-hybridized carbons (Fsp3) is 0.217. The number of ether oxygens (including phenoxy) is 2. The van der Waals surface area contributed by atoms with Gasteiger partial charge in [0.05, 0.1) is 41.8 Å². The summed E-state index contributed by atoms with van der Waals surface area (Å²) in [4.78, 5) is 51.9. The number of hydrogen-bond donors (Lipinski definition) is 1. The molecular weight excluding hydrogens is 418 g/mol. The van der Waals surface area contributed by atoms with E-state index in [2.05, 4.69) is 5.32 Å². The van der Waals surface area contributed by atoms with Crippen LogP contribution in [0.1, 0.15) is 41.4 Å². The molecule has 8 heteroatoms. The third-order valence-electron chi connectivity index (χ3n) is 5.57. The largest absolute Gasteiger partial charge is 0.466 e. The molecule has 0 bridgehead atoms. The first-order valence-corrected chi connectivity index (χ1v) is 10.3. The maximum atomic E-state index is 13.4. The van der Waals surface area contributed by atoms with Crippen LogP contribution < -0.4 is 10.7 Å². The highest BCUT2D eigenvalue weighted by atomic mass is 32.1. The highest BCUT2D eigenvalue weighted by Crippen LogP contribution is 2.40. The fourth-order valence-electron chi connectivity index (χ4n) is 4.12. The Morgan fingerprint density at radius 2 is 1.65 bits per heavy atom. The van der Waals surface area contributed by atoms with Gasteiger partial charge in [-0.2, -0.15) is 0 Å². The number of benzene rings is 1. The SMILES string of the molecule is COC(=O)C1=C(C)NC(c2csc3c(c2=O)C(=O)c2ccccc2-3)C(C(=O)OC)=C1C. The predicted octanol–water partition coefficient (Wildman–Crippen LogP) is 2.90. The quantitative estimate of drug-likeness (QED) is 0.629. The molecule has 1 aromatic carbocycles. The first-order valence-electron chi connectivity index (χ1n) is 9.46. The second kappa shape index (κ2) is 7.63. The maximum absolute atomic E-state index is 13.4. The van der Waals surface area contributed by atoms with Crippen molar-refractivity contribution < 1.29 is 23.9 Å². The Kier molecular flexibility index (Phi) is 5.10. The van der Waals surface area contributed by atoms with Crippen molar-refractivity contribution >= 4 is 29.1 Å². The van der Waals surface area contributed by atoms with Crippen LogP contribution in [-0.2, 0) is 19.1 Å². The molecule has 7 nitrogen and oxygen atoms in total. The molecule has 1 unspecified atom stereocenters. The fourth-order valence-corrected chi connectivity index (χ4v) is 5.21. The summed E-state index contributed by atoms with van der Waals surface area (Å²) < 4.78 is 9.78. The van der Waals surface area contributed by atoms with Gasteiger partial charge in [0.15, 0.2) is 11.2 Å². The molecule has 2 aromatic rings. The van der Waals surface area contributed by atoms with Crippen molar-refractivity contribution in [2.24, 2.45) is 0 Å². The molecule has 4 rings (SSSR count). The van der Waals surface area contributed by atoms with E-state index >= 15 is 0 Å². The number of hydrogen-bond acceptors (Lipinski definition) is 8. The molecule has 0 amide bonds.